The van der Waals surface area contributed by atoms with E-state index in [0.717, 1.165) is 23.7 Å². The summed E-state index contributed by atoms with van der Waals surface area (Å²) in [6.45, 7) is 7.62. The summed E-state index contributed by atoms with van der Waals surface area (Å²) in [5, 5.41) is 3.40. The lowest BCUT2D eigenvalue weighted by molar-refractivity contribution is 0.300. The Labute approximate surface area is 120 Å². The molecule has 0 saturated heterocycles. The van der Waals surface area contributed by atoms with Crippen LogP contribution < -0.4 is 10.1 Å². The van der Waals surface area contributed by atoms with Gasteiger partial charge in [-0.2, -0.15) is 0 Å². The highest BCUT2D eigenvalue weighted by Gasteiger charge is 2.08. The Balaban J connectivity index is 1.85. The summed E-state index contributed by atoms with van der Waals surface area (Å²) in [5.74, 6) is 0.759. The molecule has 2 rings (SSSR count). The molecule has 0 atom stereocenters. The van der Waals surface area contributed by atoms with Gasteiger partial charge in [-0.15, -0.1) is 0 Å². The Kier molecular flexibility index (Phi) is 4.69. The van der Waals surface area contributed by atoms with E-state index in [1.165, 1.54) is 0 Å². The third-order valence-corrected chi connectivity index (χ3v) is 2.71. The number of hydrogen-bond donors (Lipinski definition) is 1. The van der Waals surface area contributed by atoms with Gasteiger partial charge >= 0.3 is 0 Å². The van der Waals surface area contributed by atoms with Crippen LogP contribution in [-0.4, -0.2) is 15.5 Å². The number of ether oxygens (including phenoxy) is 1. The lowest BCUT2D eigenvalue weighted by Crippen LogP contribution is -2.35. The molecule has 106 valence electrons. The van der Waals surface area contributed by atoms with Crippen LogP contribution in [0.2, 0.25) is 0 Å². The van der Waals surface area contributed by atoms with Crippen molar-refractivity contribution in [2.24, 2.45) is 0 Å². The van der Waals surface area contributed by atoms with Crippen LogP contribution in [0, 0.1) is 0 Å². The second-order valence-corrected chi connectivity index (χ2v) is 5.70. The molecule has 0 aromatic carbocycles. The maximum Gasteiger partial charge on any atom is 0.138 e. The summed E-state index contributed by atoms with van der Waals surface area (Å²) < 4.78 is 5.65. The highest BCUT2D eigenvalue weighted by molar-refractivity contribution is 5.20. The van der Waals surface area contributed by atoms with Crippen LogP contribution in [0.5, 0.6) is 5.75 Å². The molecule has 0 amide bonds. The molecule has 0 fully saturated rings. The van der Waals surface area contributed by atoms with Crippen LogP contribution in [-0.2, 0) is 13.2 Å². The molecule has 0 unspecified atom stereocenters. The molecular weight excluding hydrogens is 250 g/mol. The summed E-state index contributed by atoms with van der Waals surface area (Å²) in [4.78, 5) is 8.60. The SMILES string of the molecule is CC(C)(C)NCc1ccc(OCc2ccccn2)cn1. The first-order valence-electron chi connectivity index (χ1n) is 6.76. The van der Waals surface area contributed by atoms with E-state index < -0.39 is 0 Å². The van der Waals surface area contributed by atoms with E-state index in [4.69, 9.17) is 4.74 Å². The molecule has 0 bridgehead atoms. The van der Waals surface area contributed by atoms with E-state index in [9.17, 15) is 0 Å². The predicted molar refractivity (Wildman–Crippen MR) is 79.4 cm³/mol. The zero-order chi connectivity index (χ0) is 14.4. The number of rotatable bonds is 5. The third kappa shape index (κ3) is 4.97. The second kappa shape index (κ2) is 6.48. The summed E-state index contributed by atoms with van der Waals surface area (Å²) in [6, 6.07) is 9.70. The van der Waals surface area contributed by atoms with Crippen molar-refractivity contribution in [3.63, 3.8) is 0 Å². The quantitative estimate of drug-likeness (QED) is 0.908. The summed E-state index contributed by atoms with van der Waals surface area (Å²) >= 11 is 0. The minimum Gasteiger partial charge on any atom is -0.486 e. The van der Waals surface area contributed by atoms with Gasteiger partial charge in [0.25, 0.3) is 0 Å². The maximum absolute atomic E-state index is 5.65. The third-order valence-electron chi connectivity index (χ3n) is 2.71. The monoisotopic (exact) mass is 271 g/mol. The second-order valence-electron chi connectivity index (χ2n) is 5.70. The molecule has 0 spiro atoms. The van der Waals surface area contributed by atoms with E-state index >= 15 is 0 Å². The molecule has 0 saturated carbocycles. The summed E-state index contributed by atoms with van der Waals surface area (Å²) in [6.07, 6.45) is 3.51. The highest BCUT2D eigenvalue weighted by Crippen LogP contribution is 2.11. The molecule has 20 heavy (non-hydrogen) atoms. The van der Waals surface area contributed by atoms with Gasteiger partial charge in [0.2, 0.25) is 0 Å². The topological polar surface area (TPSA) is 47.0 Å². The maximum atomic E-state index is 5.65. The molecule has 0 radical (unpaired) electrons. The molecule has 2 aromatic heterocycles. The van der Waals surface area contributed by atoms with Gasteiger partial charge < -0.3 is 10.1 Å². The van der Waals surface area contributed by atoms with E-state index in [1.54, 1.807) is 12.4 Å². The zero-order valence-electron chi connectivity index (χ0n) is 12.3. The van der Waals surface area contributed by atoms with Crippen molar-refractivity contribution in [3.8, 4) is 5.75 Å². The Morgan fingerprint density at radius 1 is 1.05 bits per heavy atom. The minimum atomic E-state index is 0.0931. The molecule has 0 aliphatic rings. The van der Waals surface area contributed by atoms with Crippen molar-refractivity contribution < 1.29 is 4.74 Å². The molecule has 1 N–H and O–H groups in total. The Hall–Kier alpha value is -1.94. The van der Waals surface area contributed by atoms with Crippen LogP contribution in [0.25, 0.3) is 0 Å². The number of hydrogen-bond acceptors (Lipinski definition) is 4. The zero-order valence-corrected chi connectivity index (χ0v) is 12.3. The van der Waals surface area contributed by atoms with Crippen molar-refractivity contribution in [1.29, 1.82) is 0 Å². The van der Waals surface area contributed by atoms with Crippen molar-refractivity contribution in [2.45, 2.75) is 39.5 Å². The van der Waals surface area contributed by atoms with Crippen molar-refractivity contribution in [1.82, 2.24) is 15.3 Å². The first-order valence-corrected chi connectivity index (χ1v) is 6.76. The molecule has 2 heterocycles. The largest absolute Gasteiger partial charge is 0.486 e. The minimum absolute atomic E-state index is 0.0931. The fourth-order valence-corrected chi connectivity index (χ4v) is 1.60. The Morgan fingerprint density at radius 2 is 1.90 bits per heavy atom. The smallest absolute Gasteiger partial charge is 0.138 e. The fourth-order valence-electron chi connectivity index (χ4n) is 1.60. The first-order chi connectivity index (χ1) is 9.53. The molecule has 4 heteroatoms. The average Bonchev–Trinajstić information content (AvgIpc) is 2.44. The van der Waals surface area contributed by atoms with Crippen LogP contribution in [0.1, 0.15) is 32.2 Å². The lowest BCUT2D eigenvalue weighted by atomic mass is 10.1. The Morgan fingerprint density at radius 3 is 2.50 bits per heavy atom. The normalized spacial score (nSPS) is 11.3. The lowest BCUT2D eigenvalue weighted by Gasteiger charge is -2.20. The molecule has 0 aliphatic carbocycles. The number of nitrogens with zero attached hydrogens (tertiary/aromatic N) is 2. The van der Waals surface area contributed by atoms with Crippen molar-refractivity contribution >= 4 is 0 Å². The molecule has 2 aromatic rings. The van der Waals surface area contributed by atoms with Gasteiger partial charge in [0.1, 0.15) is 12.4 Å². The standard InChI is InChI=1S/C16H21N3O/c1-16(2,3)19-10-13-7-8-15(11-18-13)20-12-14-6-4-5-9-17-14/h4-9,11,19H,10,12H2,1-3H3. The first kappa shape index (κ1) is 14.5. The summed E-state index contributed by atoms with van der Waals surface area (Å²) in [7, 11) is 0. The van der Waals surface area contributed by atoms with E-state index in [1.807, 2.05) is 30.3 Å². The van der Waals surface area contributed by atoms with Gasteiger partial charge in [-0.05, 0) is 45.0 Å². The van der Waals surface area contributed by atoms with Gasteiger partial charge in [-0.25, -0.2) is 0 Å². The predicted octanol–water partition coefficient (Wildman–Crippen LogP) is 2.94. The van der Waals surface area contributed by atoms with Crippen LogP contribution in [0.4, 0.5) is 0 Å². The Bertz CT molecular complexity index is 518. The van der Waals surface area contributed by atoms with Crippen LogP contribution >= 0.6 is 0 Å². The van der Waals surface area contributed by atoms with Crippen molar-refractivity contribution in [3.05, 3.63) is 54.1 Å². The van der Waals surface area contributed by atoms with Gasteiger partial charge in [0, 0.05) is 18.3 Å². The number of pyridine rings is 2. The van der Waals surface area contributed by atoms with Crippen LogP contribution in [0.3, 0.4) is 0 Å². The van der Waals surface area contributed by atoms with Crippen LogP contribution in [0.15, 0.2) is 42.7 Å². The van der Waals surface area contributed by atoms with Gasteiger partial charge in [-0.3, -0.25) is 9.97 Å². The average molecular weight is 271 g/mol. The van der Waals surface area contributed by atoms with E-state index in [2.05, 4.69) is 36.1 Å². The van der Waals surface area contributed by atoms with Gasteiger partial charge in [0.05, 0.1) is 17.6 Å². The highest BCUT2D eigenvalue weighted by atomic mass is 16.5. The fraction of sp³-hybridized carbons (Fsp3) is 0.375. The molecule has 0 aliphatic heterocycles. The van der Waals surface area contributed by atoms with Crippen molar-refractivity contribution in [2.75, 3.05) is 0 Å². The van der Waals surface area contributed by atoms with Gasteiger partial charge in [0.15, 0.2) is 0 Å². The summed E-state index contributed by atoms with van der Waals surface area (Å²) in [5.41, 5.74) is 2.01. The van der Waals surface area contributed by atoms with E-state index in [0.29, 0.717) is 6.61 Å². The van der Waals surface area contributed by atoms with Gasteiger partial charge in [-0.1, -0.05) is 6.07 Å². The number of aromatic nitrogens is 2. The molecule has 4 nitrogen and oxygen atoms in total. The van der Waals surface area contributed by atoms with E-state index in [-0.39, 0.29) is 5.54 Å². The molecular formula is C16H21N3O. The number of nitrogens with one attached hydrogen (secondary N) is 1.